The van der Waals surface area contributed by atoms with Gasteiger partial charge in [0.15, 0.2) is 5.82 Å². The van der Waals surface area contributed by atoms with E-state index in [4.69, 9.17) is 0 Å². The van der Waals surface area contributed by atoms with E-state index in [0.29, 0.717) is 0 Å². The molecule has 2 heterocycles. The number of hydrogen-bond acceptors (Lipinski definition) is 4. The van der Waals surface area contributed by atoms with Crippen LogP contribution in [0.5, 0.6) is 0 Å². The molecule has 2 aromatic heterocycles. The van der Waals surface area contributed by atoms with Crippen molar-refractivity contribution in [3.05, 3.63) is 40.8 Å². The highest BCUT2D eigenvalue weighted by molar-refractivity contribution is 5.51. The Balaban J connectivity index is 2.30. The Hall–Kier alpha value is -1.81. The monoisotopic (exact) mass is 270 g/mol. The number of pyridine rings is 1. The van der Waals surface area contributed by atoms with Gasteiger partial charge in [-0.25, -0.2) is 9.97 Å². The van der Waals surface area contributed by atoms with Crippen molar-refractivity contribution in [3.8, 4) is 11.5 Å². The van der Waals surface area contributed by atoms with E-state index in [0.717, 1.165) is 42.3 Å². The van der Waals surface area contributed by atoms with Gasteiger partial charge in [0, 0.05) is 17.6 Å². The summed E-state index contributed by atoms with van der Waals surface area (Å²) in [7, 11) is 1.97. The molecular formula is C16H22N4. The Bertz CT molecular complexity index is 570. The van der Waals surface area contributed by atoms with Crippen LogP contribution in [-0.2, 0) is 6.42 Å². The van der Waals surface area contributed by atoms with Gasteiger partial charge in [0.25, 0.3) is 0 Å². The van der Waals surface area contributed by atoms with Crippen molar-refractivity contribution in [2.75, 3.05) is 13.6 Å². The number of nitrogens with one attached hydrogen (secondary N) is 1. The van der Waals surface area contributed by atoms with Crippen LogP contribution in [0.25, 0.3) is 11.5 Å². The lowest BCUT2D eigenvalue weighted by Gasteiger charge is -2.10. The van der Waals surface area contributed by atoms with Crippen LogP contribution in [0.15, 0.2) is 18.3 Å². The van der Waals surface area contributed by atoms with E-state index in [2.05, 4.69) is 41.0 Å². The zero-order valence-electron chi connectivity index (χ0n) is 12.7. The van der Waals surface area contributed by atoms with Gasteiger partial charge in [0.1, 0.15) is 5.69 Å². The van der Waals surface area contributed by atoms with Crippen LogP contribution >= 0.6 is 0 Å². The summed E-state index contributed by atoms with van der Waals surface area (Å²) < 4.78 is 0. The zero-order valence-corrected chi connectivity index (χ0v) is 12.7. The molecule has 0 saturated heterocycles. The highest BCUT2D eigenvalue weighted by Gasteiger charge is 2.10. The molecule has 0 aromatic carbocycles. The topological polar surface area (TPSA) is 50.7 Å². The largest absolute Gasteiger partial charge is 0.320 e. The number of aryl methyl sites for hydroxylation is 3. The van der Waals surface area contributed by atoms with Crippen LogP contribution in [0, 0.1) is 20.8 Å². The summed E-state index contributed by atoms with van der Waals surface area (Å²) in [5.74, 6) is 0.723. The first kappa shape index (κ1) is 14.6. The molecule has 0 fully saturated rings. The molecule has 4 nitrogen and oxygen atoms in total. The van der Waals surface area contributed by atoms with Gasteiger partial charge in [-0.05, 0) is 70.5 Å². The molecule has 106 valence electrons. The lowest BCUT2D eigenvalue weighted by molar-refractivity contribution is 0.715. The van der Waals surface area contributed by atoms with Gasteiger partial charge in [-0.3, -0.25) is 4.98 Å². The average Bonchev–Trinajstić information content (AvgIpc) is 2.41. The number of hydrogen-bond donors (Lipinski definition) is 1. The third-order valence-corrected chi connectivity index (χ3v) is 3.42. The van der Waals surface area contributed by atoms with Gasteiger partial charge in [0.2, 0.25) is 0 Å². The lowest BCUT2D eigenvalue weighted by atomic mass is 10.1. The fourth-order valence-electron chi connectivity index (χ4n) is 2.32. The van der Waals surface area contributed by atoms with E-state index in [1.807, 2.05) is 19.2 Å². The molecule has 0 radical (unpaired) electrons. The zero-order chi connectivity index (χ0) is 14.5. The van der Waals surface area contributed by atoms with Crippen molar-refractivity contribution in [1.82, 2.24) is 20.3 Å². The van der Waals surface area contributed by atoms with Gasteiger partial charge in [-0.1, -0.05) is 0 Å². The van der Waals surface area contributed by atoms with Crippen molar-refractivity contribution >= 4 is 0 Å². The van der Waals surface area contributed by atoms with E-state index >= 15 is 0 Å². The van der Waals surface area contributed by atoms with Crippen LogP contribution in [-0.4, -0.2) is 28.5 Å². The molecule has 20 heavy (non-hydrogen) atoms. The minimum Gasteiger partial charge on any atom is -0.320 e. The molecule has 0 amide bonds. The summed E-state index contributed by atoms with van der Waals surface area (Å²) in [5.41, 5.74) is 5.40. The molecule has 0 atom stereocenters. The van der Waals surface area contributed by atoms with Crippen molar-refractivity contribution in [2.45, 2.75) is 33.6 Å². The molecule has 0 unspecified atom stereocenters. The van der Waals surface area contributed by atoms with Crippen LogP contribution < -0.4 is 5.32 Å². The van der Waals surface area contributed by atoms with Crippen molar-refractivity contribution in [3.63, 3.8) is 0 Å². The molecule has 0 saturated carbocycles. The standard InChI is InChI=1S/C16H22N4/c1-11-7-9-18-15(10-11)16-19-12(2)14(13(3)20-16)6-5-8-17-4/h7,9-10,17H,5-6,8H2,1-4H3. The highest BCUT2D eigenvalue weighted by Crippen LogP contribution is 2.18. The Morgan fingerprint density at radius 3 is 2.40 bits per heavy atom. The fourth-order valence-corrected chi connectivity index (χ4v) is 2.32. The summed E-state index contributed by atoms with van der Waals surface area (Å²) >= 11 is 0. The molecule has 4 heteroatoms. The minimum absolute atomic E-state index is 0.723. The Labute approximate surface area is 120 Å². The van der Waals surface area contributed by atoms with Gasteiger partial charge < -0.3 is 5.32 Å². The molecule has 1 N–H and O–H groups in total. The second-order valence-corrected chi connectivity index (χ2v) is 5.12. The summed E-state index contributed by atoms with van der Waals surface area (Å²) in [6.07, 6.45) is 3.92. The normalized spacial score (nSPS) is 10.8. The van der Waals surface area contributed by atoms with E-state index in [1.165, 1.54) is 11.1 Å². The third kappa shape index (κ3) is 3.39. The molecule has 0 aliphatic heterocycles. The first-order chi connectivity index (χ1) is 9.61. The van der Waals surface area contributed by atoms with Gasteiger partial charge in [-0.15, -0.1) is 0 Å². The Morgan fingerprint density at radius 1 is 1.10 bits per heavy atom. The van der Waals surface area contributed by atoms with Gasteiger partial charge >= 0.3 is 0 Å². The van der Waals surface area contributed by atoms with E-state index in [9.17, 15) is 0 Å². The second-order valence-electron chi connectivity index (χ2n) is 5.12. The van der Waals surface area contributed by atoms with Crippen LogP contribution in [0.1, 0.15) is 28.9 Å². The van der Waals surface area contributed by atoms with E-state index in [-0.39, 0.29) is 0 Å². The number of aromatic nitrogens is 3. The number of rotatable bonds is 5. The Morgan fingerprint density at radius 2 is 1.80 bits per heavy atom. The summed E-state index contributed by atoms with van der Waals surface area (Å²) in [6, 6.07) is 4.00. The minimum atomic E-state index is 0.723. The summed E-state index contributed by atoms with van der Waals surface area (Å²) in [6.45, 7) is 7.18. The molecule has 0 spiro atoms. The van der Waals surface area contributed by atoms with Crippen LogP contribution in [0.4, 0.5) is 0 Å². The predicted molar refractivity (Wildman–Crippen MR) is 81.7 cm³/mol. The van der Waals surface area contributed by atoms with Crippen LogP contribution in [0.2, 0.25) is 0 Å². The lowest BCUT2D eigenvalue weighted by Crippen LogP contribution is -2.10. The molecule has 0 aliphatic carbocycles. The van der Waals surface area contributed by atoms with Crippen molar-refractivity contribution in [2.24, 2.45) is 0 Å². The molecule has 2 rings (SSSR count). The quantitative estimate of drug-likeness (QED) is 0.849. The summed E-state index contributed by atoms with van der Waals surface area (Å²) in [4.78, 5) is 13.6. The maximum absolute atomic E-state index is 4.63. The first-order valence-electron chi connectivity index (χ1n) is 7.03. The fraction of sp³-hybridized carbons (Fsp3) is 0.438. The predicted octanol–water partition coefficient (Wildman–Crippen LogP) is 2.62. The number of nitrogens with zero attached hydrogens (tertiary/aromatic N) is 3. The molecule has 2 aromatic rings. The Kier molecular flexibility index (Phi) is 4.79. The molecule has 0 bridgehead atoms. The smallest absolute Gasteiger partial charge is 0.178 e. The van der Waals surface area contributed by atoms with E-state index < -0.39 is 0 Å². The van der Waals surface area contributed by atoms with Crippen LogP contribution in [0.3, 0.4) is 0 Å². The second kappa shape index (κ2) is 6.57. The first-order valence-corrected chi connectivity index (χ1v) is 7.03. The third-order valence-electron chi connectivity index (χ3n) is 3.42. The van der Waals surface area contributed by atoms with Crippen molar-refractivity contribution < 1.29 is 0 Å². The van der Waals surface area contributed by atoms with Crippen molar-refractivity contribution in [1.29, 1.82) is 0 Å². The highest BCUT2D eigenvalue weighted by atomic mass is 14.9. The maximum atomic E-state index is 4.63. The SMILES string of the molecule is CNCCCc1c(C)nc(-c2cc(C)ccn2)nc1C. The van der Waals surface area contributed by atoms with Gasteiger partial charge in [0.05, 0.1) is 0 Å². The average molecular weight is 270 g/mol. The molecule has 0 aliphatic rings. The van der Waals surface area contributed by atoms with Gasteiger partial charge in [-0.2, -0.15) is 0 Å². The maximum Gasteiger partial charge on any atom is 0.178 e. The van der Waals surface area contributed by atoms with E-state index in [1.54, 1.807) is 6.20 Å². The summed E-state index contributed by atoms with van der Waals surface area (Å²) in [5, 5.41) is 3.17. The molecular weight excluding hydrogens is 248 g/mol.